The molecule has 2 aliphatic rings. The lowest BCUT2D eigenvalue weighted by molar-refractivity contribution is -0.125. The first-order valence-electron chi connectivity index (χ1n) is 8.58. The van der Waals surface area contributed by atoms with Gasteiger partial charge >= 0.3 is 0 Å². The molecule has 2 saturated heterocycles. The first-order valence-corrected chi connectivity index (χ1v) is 8.58. The van der Waals surface area contributed by atoms with Crippen LogP contribution in [0.25, 0.3) is 11.2 Å². The summed E-state index contributed by atoms with van der Waals surface area (Å²) in [5, 5.41) is 2.76. The van der Waals surface area contributed by atoms with E-state index >= 15 is 4.39 Å². The Morgan fingerprint density at radius 1 is 1.40 bits per heavy atom. The molecule has 25 heavy (non-hydrogen) atoms. The molecule has 4 rings (SSSR count). The molecule has 1 unspecified atom stereocenters. The van der Waals surface area contributed by atoms with Crippen LogP contribution in [0.2, 0.25) is 0 Å². The van der Waals surface area contributed by atoms with Crippen molar-refractivity contribution in [1.29, 1.82) is 0 Å². The molecule has 2 aliphatic heterocycles. The van der Waals surface area contributed by atoms with Crippen LogP contribution in [-0.2, 0) is 9.53 Å². The smallest absolute Gasteiger partial charge is 0.225 e. The molecule has 2 aromatic rings. The molecule has 2 aromatic heterocycles. The van der Waals surface area contributed by atoms with E-state index in [1.165, 1.54) is 6.33 Å². The van der Waals surface area contributed by atoms with Crippen molar-refractivity contribution in [2.24, 2.45) is 5.92 Å². The fourth-order valence-electron chi connectivity index (χ4n) is 3.42. The molecular formula is C16H21FN6O2. The number of piperidine rings is 1. The Labute approximate surface area is 144 Å². The van der Waals surface area contributed by atoms with Crippen molar-refractivity contribution < 1.29 is 13.9 Å². The van der Waals surface area contributed by atoms with Crippen molar-refractivity contribution in [3.8, 4) is 0 Å². The Bertz CT molecular complexity index is 752. The number of carbonyl (C=O) groups excluding carboxylic acids is 1. The van der Waals surface area contributed by atoms with Crippen LogP contribution < -0.4 is 10.2 Å². The van der Waals surface area contributed by atoms with E-state index in [0.717, 1.165) is 11.3 Å². The number of halogens is 1. The number of H-pyrrole nitrogens is 1. The third-order valence-electron chi connectivity index (χ3n) is 5.04. The molecule has 0 saturated carbocycles. The minimum Gasteiger partial charge on any atom is -0.381 e. The number of aromatic amines is 1. The third kappa shape index (κ3) is 3.28. The molecule has 4 heterocycles. The number of amides is 1. The first kappa shape index (κ1) is 16.2. The van der Waals surface area contributed by atoms with Crippen molar-refractivity contribution >= 4 is 22.9 Å². The van der Waals surface area contributed by atoms with Gasteiger partial charge in [-0.3, -0.25) is 4.79 Å². The van der Waals surface area contributed by atoms with Gasteiger partial charge in [-0.2, -0.15) is 0 Å². The van der Waals surface area contributed by atoms with Crippen LogP contribution in [0.5, 0.6) is 0 Å². The predicted octanol–water partition coefficient (Wildman–Crippen LogP) is 0.814. The summed E-state index contributed by atoms with van der Waals surface area (Å²) in [7, 11) is 0. The number of rotatable bonds is 4. The topological polar surface area (TPSA) is 96.0 Å². The number of alkyl halides is 1. The van der Waals surface area contributed by atoms with Crippen molar-refractivity contribution in [3.05, 3.63) is 12.7 Å². The van der Waals surface area contributed by atoms with Crippen molar-refractivity contribution in [2.75, 3.05) is 37.7 Å². The van der Waals surface area contributed by atoms with Gasteiger partial charge in [-0.05, 0) is 6.42 Å². The highest BCUT2D eigenvalue weighted by molar-refractivity contribution is 5.82. The van der Waals surface area contributed by atoms with Crippen LogP contribution in [0.1, 0.15) is 19.3 Å². The van der Waals surface area contributed by atoms with E-state index in [1.54, 1.807) is 6.33 Å². The van der Waals surface area contributed by atoms with Crippen LogP contribution >= 0.6 is 0 Å². The average molecular weight is 348 g/mol. The van der Waals surface area contributed by atoms with Gasteiger partial charge in [0, 0.05) is 32.5 Å². The van der Waals surface area contributed by atoms with Crippen LogP contribution in [0.4, 0.5) is 10.2 Å². The van der Waals surface area contributed by atoms with Gasteiger partial charge in [0.2, 0.25) is 5.91 Å². The number of aromatic nitrogens is 4. The molecule has 0 aliphatic carbocycles. The Hall–Kier alpha value is -2.29. The Morgan fingerprint density at radius 3 is 3.00 bits per heavy atom. The highest BCUT2D eigenvalue weighted by Gasteiger charge is 2.36. The molecule has 2 N–H and O–H groups in total. The Kier molecular flexibility index (Phi) is 4.24. The fraction of sp³-hybridized carbons (Fsp3) is 0.625. The zero-order valence-corrected chi connectivity index (χ0v) is 13.9. The van der Waals surface area contributed by atoms with Crippen LogP contribution in [0, 0.1) is 5.92 Å². The van der Waals surface area contributed by atoms with Crippen LogP contribution in [-0.4, -0.2) is 64.4 Å². The zero-order chi connectivity index (χ0) is 17.3. The molecule has 8 nitrogen and oxygen atoms in total. The van der Waals surface area contributed by atoms with E-state index in [-0.39, 0.29) is 18.4 Å². The van der Waals surface area contributed by atoms with E-state index in [0.29, 0.717) is 51.2 Å². The Balaban J connectivity index is 1.35. The minimum atomic E-state index is -1.38. The van der Waals surface area contributed by atoms with Crippen molar-refractivity contribution in [1.82, 2.24) is 25.3 Å². The van der Waals surface area contributed by atoms with Gasteiger partial charge in [0.15, 0.2) is 11.5 Å². The summed E-state index contributed by atoms with van der Waals surface area (Å²) in [6.45, 7) is 2.16. The van der Waals surface area contributed by atoms with Gasteiger partial charge < -0.3 is 19.9 Å². The number of nitrogens with zero attached hydrogens (tertiary/aromatic N) is 4. The highest BCUT2D eigenvalue weighted by Crippen LogP contribution is 2.30. The second kappa shape index (κ2) is 6.55. The molecule has 0 bridgehead atoms. The molecular weight excluding hydrogens is 327 g/mol. The number of hydrogen-bond donors (Lipinski definition) is 2. The molecule has 1 amide bonds. The quantitative estimate of drug-likeness (QED) is 0.849. The summed E-state index contributed by atoms with van der Waals surface area (Å²) in [4.78, 5) is 29.6. The molecule has 0 aromatic carbocycles. The summed E-state index contributed by atoms with van der Waals surface area (Å²) in [5.41, 5.74) is -0.0114. The fourth-order valence-corrected chi connectivity index (χ4v) is 3.42. The zero-order valence-electron chi connectivity index (χ0n) is 13.9. The number of imidazole rings is 1. The van der Waals surface area contributed by atoms with E-state index in [4.69, 9.17) is 4.74 Å². The maximum atomic E-state index is 15.0. The predicted molar refractivity (Wildman–Crippen MR) is 88.9 cm³/mol. The van der Waals surface area contributed by atoms with Gasteiger partial charge in [-0.1, -0.05) is 0 Å². The summed E-state index contributed by atoms with van der Waals surface area (Å²) in [6, 6.07) is 0. The highest BCUT2D eigenvalue weighted by atomic mass is 19.1. The van der Waals surface area contributed by atoms with Gasteiger partial charge in [-0.15, -0.1) is 0 Å². The standard InChI is InChI=1S/C16H21FN6O2/c17-16(8-18-15(24)11-1-6-25-7-11)2-4-23(5-3-16)14-12-13(20-9-19-12)21-10-22-14/h9-11H,1-8H2,(H,18,24)(H,19,20,21,22). The Morgan fingerprint density at radius 2 is 2.24 bits per heavy atom. The molecule has 2 fully saturated rings. The normalized spacial score (nSPS) is 23.1. The maximum Gasteiger partial charge on any atom is 0.225 e. The SMILES string of the molecule is O=C(NCC1(F)CCN(c2ncnc3nc[nH]c23)CC1)C1CCOC1. The van der Waals surface area contributed by atoms with Crippen molar-refractivity contribution in [2.45, 2.75) is 24.9 Å². The van der Waals surface area contributed by atoms with Crippen LogP contribution in [0.3, 0.4) is 0 Å². The van der Waals surface area contributed by atoms with E-state index < -0.39 is 5.67 Å². The van der Waals surface area contributed by atoms with Gasteiger partial charge in [-0.25, -0.2) is 19.3 Å². The summed E-state index contributed by atoms with van der Waals surface area (Å²) >= 11 is 0. The molecule has 1 atom stereocenters. The van der Waals surface area contributed by atoms with Crippen LogP contribution in [0.15, 0.2) is 12.7 Å². The summed E-state index contributed by atoms with van der Waals surface area (Å²) < 4.78 is 20.2. The van der Waals surface area contributed by atoms with E-state index in [9.17, 15) is 4.79 Å². The maximum absolute atomic E-state index is 15.0. The molecule has 134 valence electrons. The second-order valence-electron chi connectivity index (χ2n) is 6.71. The number of anilines is 1. The lowest BCUT2D eigenvalue weighted by Gasteiger charge is -2.37. The van der Waals surface area contributed by atoms with Gasteiger partial charge in [0.25, 0.3) is 0 Å². The largest absolute Gasteiger partial charge is 0.381 e. The first-order chi connectivity index (χ1) is 12.1. The van der Waals surface area contributed by atoms with Gasteiger partial charge in [0.05, 0.1) is 25.4 Å². The number of fused-ring (bicyclic) bond motifs is 1. The van der Waals surface area contributed by atoms with E-state index in [2.05, 4.69) is 25.3 Å². The molecule has 0 radical (unpaired) electrons. The van der Waals surface area contributed by atoms with E-state index in [1.807, 2.05) is 4.90 Å². The number of hydrogen-bond acceptors (Lipinski definition) is 6. The molecule has 0 spiro atoms. The van der Waals surface area contributed by atoms with Crippen molar-refractivity contribution in [3.63, 3.8) is 0 Å². The summed E-state index contributed by atoms with van der Waals surface area (Å²) in [5.74, 6) is 0.502. The average Bonchev–Trinajstić information content (AvgIpc) is 3.31. The number of carbonyl (C=O) groups is 1. The lowest BCUT2D eigenvalue weighted by Crippen LogP contribution is -2.49. The third-order valence-corrected chi connectivity index (χ3v) is 5.04. The molecule has 9 heteroatoms. The van der Waals surface area contributed by atoms with Gasteiger partial charge in [0.1, 0.15) is 17.5 Å². The number of ether oxygens (including phenoxy) is 1. The minimum absolute atomic E-state index is 0.0550. The second-order valence-corrected chi connectivity index (χ2v) is 6.71. The summed E-state index contributed by atoms with van der Waals surface area (Å²) in [6.07, 6.45) is 4.45. The number of nitrogens with one attached hydrogen (secondary N) is 2. The monoisotopic (exact) mass is 348 g/mol. The lowest BCUT2D eigenvalue weighted by atomic mass is 9.93.